The molecule has 2 unspecified atom stereocenters. The van der Waals surface area contributed by atoms with Gasteiger partial charge in [0.05, 0.1) is 11.0 Å². The van der Waals surface area contributed by atoms with Crippen LogP contribution in [0.25, 0.3) is 0 Å². The average molecular weight is 314 g/mol. The number of hydrogen-bond donors (Lipinski definition) is 2. The largest absolute Gasteiger partial charge is 0.393 e. The first-order valence-electron chi connectivity index (χ1n) is 7.69. The Morgan fingerprint density at radius 3 is 2.52 bits per heavy atom. The number of nitrogens with zero attached hydrogens (tertiary/aromatic N) is 1. The molecule has 0 aliphatic rings. The Morgan fingerprint density at radius 1 is 1.22 bits per heavy atom. The number of aliphatic hydroxyl groups excluding tert-OH is 1. The molecule has 2 aromatic carbocycles. The molecule has 2 rings (SSSR count). The maximum absolute atomic E-state index is 11.2. The molecule has 0 saturated carbocycles. The third kappa shape index (κ3) is 4.79. The second-order valence-corrected chi connectivity index (χ2v) is 5.85. The molecule has 2 N–H and O–H groups in total. The van der Waals surface area contributed by atoms with E-state index in [0.717, 1.165) is 11.1 Å². The van der Waals surface area contributed by atoms with Crippen LogP contribution in [-0.2, 0) is 0 Å². The molecule has 0 bridgehead atoms. The molecule has 5 heteroatoms. The average Bonchev–Trinajstić information content (AvgIpc) is 2.52. The standard InChI is InChI=1S/C18H22N2O3/c1-13-8-9-17(18(10-13)20(22)23)19-12-16(11-14(2)21)15-6-4-3-5-7-15/h3-10,14,16,19,21H,11-12H2,1-2H3. The van der Waals surface area contributed by atoms with Gasteiger partial charge < -0.3 is 10.4 Å². The van der Waals surface area contributed by atoms with E-state index in [1.54, 1.807) is 19.1 Å². The first kappa shape index (κ1) is 17.0. The van der Waals surface area contributed by atoms with Crippen LogP contribution in [0, 0.1) is 17.0 Å². The van der Waals surface area contributed by atoms with E-state index < -0.39 is 6.10 Å². The van der Waals surface area contributed by atoms with Gasteiger partial charge in [-0.1, -0.05) is 36.4 Å². The summed E-state index contributed by atoms with van der Waals surface area (Å²) in [5.74, 6) is 0.0807. The van der Waals surface area contributed by atoms with E-state index in [4.69, 9.17) is 0 Å². The molecule has 23 heavy (non-hydrogen) atoms. The lowest BCUT2D eigenvalue weighted by molar-refractivity contribution is -0.384. The van der Waals surface area contributed by atoms with Crippen molar-refractivity contribution < 1.29 is 10.0 Å². The molecule has 2 aromatic rings. The van der Waals surface area contributed by atoms with E-state index >= 15 is 0 Å². The lowest BCUT2D eigenvalue weighted by Crippen LogP contribution is -2.18. The predicted octanol–water partition coefficient (Wildman–Crippen LogP) is 3.87. The van der Waals surface area contributed by atoms with E-state index in [-0.39, 0.29) is 16.5 Å². The predicted molar refractivity (Wildman–Crippen MR) is 91.8 cm³/mol. The Labute approximate surface area is 136 Å². The number of benzene rings is 2. The van der Waals surface area contributed by atoms with Gasteiger partial charge in [0.2, 0.25) is 0 Å². The summed E-state index contributed by atoms with van der Waals surface area (Å²) in [7, 11) is 0. The summed E-state index contributed by atoms with van der Waals surface area (Å²) in [5.41, 5.74) is 2.54. The van der Waals surface area contributed by atoms with Crippen LogP contribution in [0.1, 0.15) is 30.4 Å². The lowest BCUT2D eigenvalue weighted by atomic mass is 9.93. The third-order valence-electron chi connectivity index (χ3n) is 3.79. The quantitative estimate of drug-likeness (QED) is 0.601. The number of nitrogens with one attached hydrogen (secondary N) is 1. The van der Waals surface area contributed by atoms with Crippen LogP contribution in [0.5, 0.6) is 0 Å². The zero-order valence-corrected chi connectivity index (χ0v) is 13.4. The minimum Gasteiger partial charge on any atom is -0.393 e. The van der Waals surface area contributed by atoms with E-state index in [0.29, 0.717) is 18.7 Å². The van der Waals surface area contributed by atoms with Gasteiger partial charge in [0.1, 0.15) is 5.69 Å². The van der Waals surface area contributed by atoms with E-state index in [1.165, 1.54) is 0 Å². The minimum absolute atomic E-state index is 0.0776. The highest BCUT2D eigenvalue weighted by Crippen LogP contribution is 2.28. The zero-order chi connectivity index (χ0) is 16.8. The lowest BCUT2D eigenvalue weighted by Gasteiger charge is -2.20. The smallest absolute Gasteiger partial charge is 0.292 e. The molecule has 0 aliphatic heterocycles. The van der Waals surface area contributed by atoms with Gasteiger partial charge in [0.15, 0.2) is 0 Å². The molecule has 122 valence electrons. The van der Waals surface area contributed by atoms with E-state index in [9.17, 15) is 15.2 Å². The molecule has 0 heterocycles. The molecule has 0 aliphatic carbocycles. The number of nitro benzene ring substituents is 1. The molecule has 0 saturated heterocycles. The van der Waals surface area contributed by atoms with Gasteiger partial charge in [-0.2, -0.15) is 0 Å². The Balaban J connectivity index is 2.17. The number of rotatable bonds is 7. The zero-order valence-electron chi connectivity index (χ0n) is 13.4. The van der Waals surface area contributed by atoms with Crippen LogP contribution in [0.4, 0.5) is 11.4 Å². The van der Waals surface area contributed by atoms with Crippen LogP contribution in [0.3, 0.4) is 0 Å². The molecule has 0 radical (unpaired) electrons. The minimum atomic E-state index is -0.435. The van der Waals surface area contributed by atoms with Gasteiger partial charge >= 0.3 is 0 Å². The van der Waals surface area contributed by atoms with Crippen molar-refractivity contribution in [2.75, 3.05) is 11.9 Å². The number of anilines is 1. The summed E-state index contributed by atoms with van der Waals surface area (Å²) in [6.45, 7) is 4.11. The molecule has 0 aromatic heterocycles. The molecule has 0 amide bonds. The first-order chi connectivity index (χ1) is 11.0. The summed E-state index contributed by atoms with van der Waals surface area (Å²) in [5, 5.41) is 24.1. The number of aliphatic hydroxyl groups is 1. The van der Waals surface area contributed by atoms with E-state index in [1.807, 2.05) is 43.3 Å². The van der Waals surface area contributed by atoms with Gasteiger partial charge in [-0.3, -0.25) is 10.1 Å². The number of hydrogen-bond acceptors (Lipinski definition) is 4. The van der Waals surface area contributed by atoms with Crippen molar-refractivity contribution in [3.8, 4) is 0 Å². The summed E-state index contributed by atoms with van der Waals surface area (Å²) >= 11 is 0. The van der Waals surface area contributed by atoms with Gasteiger partial charge in [-0.25, -0.2) is 0 Å². The highest BCUT2D eigenvalue weighted by atomic mass is 16.6. The van der Waals surface area contributed by atoms with Crippen LogP contribution < -0.4 is 5.32 Å². The molecule has 5 nitrogen and oxygen atoms in total. The van der Waals surface area contributed by atoms with Gasteiger partial charge in [-0.15, -0.1) is 0 Å². The topological polar surface area (TPSA) is 75.4 Å². The Kier molecular flexibility index (Phi) is 5.71. The Hall–Kier alpha value is -2.40. The maximum Gasteiger partial charge on any atom is 0.292 e. The highest BCUT2D eigenvalue weighted by Gasteiger charge is 2.18. The van der Waals surface area contributed by atoms with Gasteiger partial charge in [-0.05, 0) is 37.5 Å². The second-order valence-electron chi connectivity index (χ2n) is 5.85. The first-order valence-corrected chi connectivity index (χ1v) is 7.69. The van der Waals surface area contributed by atoms with Crippen molar-refractivity contribution in [3.63, 3.8) is 0 Å². The monoisotopic (exact) mass is 314 g/mol. The van der Waals surface area contributed by atoms with Crippen molar-refractivity contribution >= 4 is 11.4 Å². The number of nitro groups is 1. The van der Waals surface area contributed by atoms with Crippen molar-refractivity contribution in [1.29, 1.82) is 0 Å². The van der Waals surface area contributed by atoms with Crippen LogP contribution >= 0.6 is 0 Å². The van der Waals surface area contributed by atoms with Crippen molar-refractivity contribution in [2.45, 2.75) is 32.3 Å². The van der Waals surface area contributed by atoms with E-state index in [2.05, 4.69) is 5.32 Å². The van der Waals surface area contributed by atoms with Gasteiger partial charge in [0.25, 0.3) is 5.69 Å². The second kappa shape index (κ2) is 7.74. The SMILES string of the molecule is Cc1ccc(NCC(CC(C)O)c2ccccc2)c([N+](=O)[O-])c1. The summed E-state index contributed by atoms with van der Waals surface area (Å²) in [4.78, 5) is 10.8. The molecule has 0 spiro atoms. The molecule has 2 atom stereocenters. The maximum atomic E-state index is 11.2. The van der Waals surface area contributed by atoms with Crippen molar-refractivity contribution in [2.24, 2.45) is 0 Å². The van der Waals surface area contributed by atoms with Crippen molar-refractivity contribution in [3.05, 3.63) is 69.8 Å². The fourth-order valence-electron chi connectivity index (χ4n) is 2.65. The molecular weight excluding hydrogens is 292 g/mol. The Morgan fingerprint density at radius 2 is 1.91 bits per heavy atom. The number of aryl methyl sites for hydroxylation is 1. The van der Waals surface area contributed by atoms with Gasteiger partial charge in [0, 0.05) is 18.5 Å². The van der Waals surface area contributed by atoms with Crippen LogP contribution in [-0.4, -0.2) is 22.7 Å². The molecular formula is C18H22N2O3. The highest BCUT2D eigenvalue weighted by molar-refractivity contribution is 5.62. The van der Waals surface area contributed by atoms with Crippen molar-refractivity contribution in [1.82, 2.24) is 0 Å². The van der Waals surface area contributed by atoms with Crippen LogP contribution in [0.15, 0.2) is 48.5 Å². The summed E-state index contributed by atoms with van der Waals surface area (Å²) in [6, 6.07) is 15.0. The fraction of sp³-hybridized carbons (Fsp3) is 0.333. The Bertz CT molecular complexity index is 657. The summed E-state index contributed by atoms with van der Waals surface area (Å²) in [6.07, 6.45) is 0.159. The molecule has 0 fully saturated rings. The normalized spacial score (nSPS) is 13.3. The van der Waals surface area contributed by atoms with Crippen LogP contribution in [0.2, 0.25) is 0 Å². The third-order valence-corrected chi connectivity index (χ3v) is 3.79. The fourth-order valence-corrected chi connectivity index (χ4v) is 2.65. The summed E-state index contributed by atoms with van der Waals surface area (Å²) < 4.78 is 0.